The third-order valence-corrected chi connectivity index (χ3v) is 7.84. The molecule has 0 saturated heterocycles. The second-order valence-corrected chi connectivity index (χ2v) is 10.7. The summed E-state index contributed by atoms with van der Waals surface area (Å²) in [6, 6.07) is 16.7. The predicted molar refractivity (Wildman–Crippen MR) is 151 cm³/mol. The van der Waals surface area contributed by atoms with E-state index in [-0.39, 0.29) is 40.2 Å². The fourth-order valence-corrected chi connectivity index (χ4v) is 5.75. The smallest absolute Gasteiger partial charge is 0.289 e. The van der Waals surface area contributed by atoms with E-state index in [0.717, 1.165) is 10.9 Å². The lowest BCUT2D eigenvalue weighted by Crippen LogP contribution is -2.45. The molecule has 2 atom stereocenters. The second-order valence-electron chi connectivity index (χ2n) is 9.93. The van der Waals surface area contributed by atoms with Crippen LogP contribution in [0.1, 0.15) is 56.2 Å². The monoisotopic (exact) mass is 582 g/mol. The molecule has 2 amide bonds. The molecule has 40 heavy (non-hydrogen) atoms. The largest absolute Gasteiger partial charge is 0.451 e. The normalized spacial score (nSPS) is 14.7. The summed E-state index contributed by atoms with van der Waals surface area (Å²) < 4.78 is 5.74. The van der Waals surface area contributed by atoms with E-state index in [1.165, 1.54) is 0 Å². The Bertz CT molecular complexity index is 1550. The maximum atomic E-state index is 13.3. The topological polar surface area (TPSA) is 123 Å². The molecule has 0 saturated carbocycles. The Hall–Kier alpha value is -3.40. The van der Waals surface area contributed by atoms with Crippen LogP contribution in [-0.2, 0) is 19.4 Å². The lowest BCUT2D eigenvalue weighted by atomic mass is 9.96. The van der Waals surface area contributed by atoms with E-state index in [1.54, 1.807) is 54.3 Å². The summed E-state index contributed by atoms with van der Waals surface area (Å²) in [6.45, 7) is 2.24. The number of hydrogen-bond acceptors (Lipinski definition) is 6. The molecule has 0 aliphatic carbocycles. The summed E-state index contributed by atoms with van der Waals surface area (Å²) in [4.78, 5) is 28.1. The molecule has 1 aromatic heterocycles. The fourth-order valence-electron chi connectivity index (χ4n) is 4.98. The Morgan fingerprint density at radius 1 is 1.05 bits per heavy atom. The number of furan rings is 1. The number of carbonyl (C=O) groups is 2. The number of nitrogens with zero attached hydrogens (tertiary/aromatic N) is 1. The number of rotatable bonds is 7. The number of amides is 2. The lowest BCUT2D eigenvalue weighted by Gasteiger charge is -2.30. The van der Waals surface area contributed by atoms with Crippen molar-refractivity contribution in [3.8, 4) is 0 Å². The van der Waals surface area contributed by atoms with Crippen molar-refractivity contribution in [1.29, 1.82) is 0 Å². The van der Waals surface area contributed by atoms with Crippen molar-refractivity contribution in [1.82, 2.24) is 10.2 Å². The molecular weight excluding hydrogens is 555 g/mol. The molecule has 2 heterocycles. The zero-order valence-corrected chi connectivity index (χ0v) is 23.1. The maximum Gasteiger partial charge on any atom is 0.289 e. The molecular formula is C30H28Cl2N2O6. The van der Waals surface area contributed by atoms with Gasteiger partial charge in [-0.3, -0.25) is 9.59 Å². The predicted octanol–water partition coefficient (Wildman–Crippen LogP) is 4.64. The third kappa shape index (κ3) is 5.73. The molecule has 4 N–H and O–H groups in total. The van der Waals surface area contributed by atoms with Gasteiger partial charge in [0, 0.05) is 18.5 Å². The molecule has 4 aromatic rings. The molecule has 0 fully saturated rings. The zero-order chi connectivity index (χ0) is 28.6. The molecule has 8 nitrogen and oxygen atoms in total. The number of hydrogen-bond donors (Lipinski definition) is 4. The molecule has 0 bridgehead atoms. The summed E-state index contributed by atoms with van der Waals surface area (Å²) in [5.41, 5.74) is 3.46. The van der Waals surface area contributed by atoms with Crippen LogP contribution < -0.4 is 5.32 Å². The molecule has 1 unspecified atom stereocenters. The molecule has 0 spiro atoms. The van der Waals surface area contributed by atoms with E-state index in [9.17, 15) is 24.9 Å². The highest BCUT2D eigenvalue weighted by atomic mass is 35.5. The van der Waals surface area contributed by atoms with Gasteiger partial charge in [-0.05, 0) is 60.2 Å². The Balaban J connectivity index is 1.34. The van der Waals surface area contributed by atoms with E-state index in [2.05, 4.69) is 5.32 Å². The van der Waals surface area contributed by atoms with Crippen LogP contribution in [0, 0.1) is 0 Å². The minimum atomic E-state index is -1.85. The molecule has 3 aromatic carbocycles. The number of fused-ring (bicyclic) bond motifs is 2. The minimum Gasteiger partial charge on any atom is -0.451 e. The van der Waals surface area contributed by atoms with Gasteiger partial charge in [-0.25, -0.2) is 0 Å². The van der Waals surface area contributed by atoms with Crippen molar-refractivity contribution < 1.29 is 29.3 Å². The van der Waals surface area contributed by atoms with Crippen LogP contribution in [0.15, 0.2) is 65.1 Å². The molecule has 5 rings (SSSR count). The number of para-hydroxylation sites is 1. The highest BCUT2D eigenvalue weighted by Gasteiger charge is 2.30. The van der Waals surface area contributed by atoms with Crippen molar-refractivity contribution in [3.05, 3.63) is 104 Å². The van der Waals surface area contributed by atoms with Gasteiger partial charge in [0.25, 0.3) is 11.8 Å². The van der Waals surface area contributed by atoms with E-state index < -0.39 is 24.3 Å². The highest BCUT2D eigenvalue weighted by Crippen LogP contribution is 2.35. The number of benzene rings is 3. The Kier molecular flexibility index (Phi) is 8.16. The van der Waals surface area contributed by atoms with Crippen LogP contribution >= 0.6 is 23.2 Å². The van der Waals surface area contributed by atoms with Crippen LogP contribution in [-0.4, -0.2) is 50.9 Å². The molecule has 0 radical (unpaired) electrons. The second kappa shape index (κ2) is 11.6. The van der Waals surface area contributed by atoms with Gasteiger partial charge in [0.2, 0.25) is 0 Å². The van der Waals surface area contributed by atoms with Gasteiger partial charge in [0.05, 0.1) is 27.8 Å². The van der Waals surface area contributed by atoms with Crippen molar-refractivity contribution in [2.75, 3.05) is 6.54 Å². The Morgan fingerprint density at radius 3 is 2.55 bits per heavy atom. The van der Waals surface area contributed by atoms with E-state index in [1.807, 2.05) is 18.2 Å². The molecule has 1 aliphatic rings. The van der Waals surface area contributed by atoms with Crippen LogP contribution in [0.5, 0.6) is 0 Å². The first-order valence-corrected chi connectivity index (χ1v) is 13.6. The van der Waals surface area contributed by atoms with E-state index in [0.29, 0.717) is 35.2 Å². The van der Waals surface area contributed by atoms with Gasteiger partial charge < -0.3 is 30.0 Å². The van der Waals surface area contributed by atoms with E-state index >= 15 is 0 Å². The van der Waals surface area contributed by atoms with E-state index in [4.69, 9.17) is 27.6 Å². The summed E-state index contributed by atoms with van der Waals surface area (Å²) >= 11 is 13.2. The van der Waals surface area contributed by atoms with Crippen molar-refractivity contribution in [2.45, 2.75) is 44.7 Å². The SMILES string of the molecule is C[C@H](O)c1cccc(CC(NC(=O)c2c(Cl)cc3c(c2Cl)CCN(C(=O)c2cc4ccccc4o2)C3)C(O)O)c1. The van der Waals surface area contributed by atoms with Crippen molar-refractivity contribution in [2.24, 2.45) is 0 Å². The highest BCUT2D eigenvalue weighted by molar-refractivity contribution is 6.40. The van der Waals surface area contributed by atoms with Crippen molar-refractivity contribution >= 4 is 46.0 Å². The van der Waals surface area contributed by atoms with Crippen LogP contribution in [0.4, 0.5) is 0 Å². The average Bonchev–Trinajstić information content (AvgIpc) is 3.36. The number of carbonyl (C=O) groups excluding carboxylic acids is 2. The summed E-state index contributed by atoms with van der Waals surface area (Å²) in [6.07, 6.45) is -2.05. The molecule has 1 aliphatic heterocycles. The van der Waals surface area contributed by atoms with Gasteiger partial charge in [0.15, 0.2) is 12.1 Å². The van der Waals surface area contributed by atoms with Gasteiger partial charge in [-0.15, -0.1) is 0 Å². The Morgan fingerprint density at radius 2 is 1.82 bits per heavy atom. The zero-order valence-electron chi connectivity index (χ0n) is 21.6. The lowest BCUT2D eigenvalue weighted by molar-refractivity contribution is -0.0647. The maximum absolute atomic E-state index is 13.3. The first kappa shape index (κ1) is 28.1. The first-order valence-electron chi connectivity index (χ1n) is 12.8. The fraction of sp³-hybridized carbons (Fsp3) is 0.267. The quantitative estimate of drug-likeness (QED) is 0.235. The number of halogens is 2. The number of aliphatic hydroxyl groups is 3. The van der Waals surface area contributed by atoms with Gasteiger partial charge in [-0.1, -0.05) is 65.7 Å². The Labute approximate surface area is 240 Å². The van der Waals surface area contributed by atoms with Gasteiger partial charge >= 0.3 is 0 Å². The standard InChI is InChI=1S/C30H28Cl2N2O6/c1-16(35)18-7-4-5-17(11-18)12-23(30(38)39)33-28(36)26-22(31)13-20-15-34(10-9-21(20)27(26)32)29(37)25-14-19-6-2-3-8-24(19)40-25/h2-8,11,13-14,16,23,30,35,38-39H,9-10,12,15H2,1H3,(H,33,36)/t16-,23?/m0/s1. The number of aliphatic hydroxyl groups excluding tert-OH is 2. The summed E-state index contributed by atoms with van der Waals surface area (Å²) in [7, 11) is 0. The molecule has 10 heteroatoms. The van der Waals surface area contributed by atoms with Gasteiger partial charge in [0.1, 0.15) is 5.58 Å². The van der Waals surface area contributed by atoms with Gasteiger partial charge in [-0.2, -0.15) is 0 Å². The summed E-state index contributed by atoms with van der Waals surface area (Å²) in [5.74, 6) is -0.663. The van der Waals surface area contributed by atoms with Crippen molar-refractivity contribution in [3.63, 3.8) is 0 Å². The van der Waals surface area contributed by atoms with Crippen LogP contribution in [0.2, 0.25) is 10.0 Å². The first-order chi connectivity index (χ1) is 19.1. The number of nitrogens with one attached hydrogen (secondary N) is 1. The summed E-state index contributed by atoms with van der Waals surface area (Å²) in [5, 5.41) is 33.5. The molecule has 208 valence electrons. The minimum absolute atomic E-state index is 0.0301. The third-order valence-electron chi connectivity index (χ3n) is 7.12. The van der Waals surface area contributed by atoms with Crippen LogP contribution in [0.3, 0.4) is 0 Å². The van der Waals surface area contributed by atoms with Crippen LogP contribution in [0.25, 0.3) is 11.0 Å². The average molecular weight is 583 g/mol.